The van der Waals surface area contributed by atoms with Crippen LogP contribution in [-0.2, 0) is 11.3 Å². The number of anilines is 2. The molecule has 2 aliphatic rings. The number of carbonyl (C=O) groups is 1. The Balaban J connectivity index is 1.24. The number of nitrogen functional groups attached to an aromatic ring is 1. The summed E-state index contributed by atoms with van der Waals surface area (Å²) < 4.78 is 15.6. The van der Waals surface area contributed by atoms with E-state index in [4.69, 9.17) is 15.2 Å². The first-order valence-electron chi connectivity index (χ1n) is 13.0. The summed E-state index contributed by atoms with van der Waals surface area (Å²) in [5, 5.41) is 7.99. The highest BCUT2D eigenvalue weighted by Gasteiger charge is 2.31. The van der Waals surface area contributed by atoms with Crippen LogP contribution in [0.1, 0.15) is 45.1 Å². The number of nitrogens with one attached hydrogen (secondary N) is 1. The average Bonchev–Trinajstić information content (AvgIpc) is 3.52. The number of aromatic nitrogens is 4. The van der Waals surface area contributed by atoms with Crippen molar-refractivity contribution < 1.29 is 14.3 Å². The molecule has 0 aliphatic heterocycles. The number of ether oxygens (including phenoxy) is 2. The van der Waals surface area contributed by atoms with Crippen LogP contribution in [-0.4, -0.2) is 38.1 Å². The Hall–Kier alpha value is -4.01. The highest BCUT2D eigenvalue weighted by atomic mass is 16.6. The number of fused-ring (bicyclic) bond motifs is 1. The zero-order valence-electron chi connectivity index (χ0n) is 21.0. The van der Waals surface area contributed by atoms with Gasteiger partial charge in [0.2, 0.25) is 0 Å². The molecule has 1 amide bonds. The van der Waals surface area contributed by atoms with Crippen molar-refractivity contribution in [3.05, 3.63) is 55.1 Å². The fourth-order valence-electron chi connectivity index (χ4n) is 5.02. The van der Waals surface area contributed by atoms with Crippen LogP contribution in [0.4, 0.5) is 16.2 Å². The second-order valence-corrected chi connectivity index (χ2v) is 10.1. The molecule has 2 fully saturated rings. The second-order valence-electron chi connectivity index (χ2n) is 10.1. The van der Waals surface area contributed by atoms with Crippen molar-refractivity contribution in [2.45, 2.75) is 57.7 Å². The van der Waals surface area contributed by atoms with Gasteiger partial charge in [0.25, 0.3) is 0 Å². The van der Waals surface area contributed by atoms with E-state index in [0.29, 0.717) is 30.8 Å². The molecular formula is C28H32N6O3. The number of nitrogens with zero attached hydrogens (tertiary/aromatic N) is 4. The summed E-state index contributed by atoms with van der Waals surface area (Å²) >= 11 is 0. The molecule has 3 N–H and O–H groups in total. The lowest BCUT2D eigenvalue weighted by Crippen LogP contribution is -2.21. The summed E-state index contributed by atoms with van der Waals surface area (Å²) in [6.07, 6.45) is 8.47. The smallest absolute Gasteiger partial charge is 0.411 e. The van der Waals surface area contributed by atoms with E-state index in [1.165, 1.54) is 12.7 Å². The van der Waals surface area contributed by atoms with Crippen LogP contribution in [0, 0.1) is 5.92 Å². The zero-order chi connectivity index (χ0) is 25.4. The third-order valence-corrected chi connectivity index (χ3v) is 7.49. The molecule has 0 bridgehead atoms. The summed E-state index contributed by atoms with van der Waals surface area (Å²) in [6.45, 7) is 3.08. The maximum Gasteiger partial charge on any atom is 0.411 e. The van der Waals surface area contributed by atoms with Gasteiger partial charge in [0.05, 0.1) is 23.4 Å². The van der Waals surface area contributed by atoms with Crippen LogP contribution in [0.2, 0.25) is 0 Å². The normalized spacial score (nSPS) is 16.4. The molecule has 0 radical (unpaired) electrons. The highest BCUT2D eigenvalue weighted by Crippen LogP contribution is 2.45. The van der Waals surface area contributed by atoms with Gasteiger partial charge in [-0.05, 0) is 69.2 Å². The van der Waals surface area contributed by atoms with Gasteiger partial charge < -0.3 is 19.8 Å². The van der Waals surface area contributed by atoms with Crippen LogP contribution in [0.3, 0.4) is 0 Å². The Kier molecular flexibility index (Phi) is 6.20. The van der Waals surface area contributed by atoms with Gasteiger partial charge in [0.1, 0.15) is 31.1 Å². The van der Waals surface area contributed by atoms with Crippen molar-refractivity contribution in [2.24, 2.45) is 5.92 Å². The highest BCUT2D eigenvalue weighted by molar-refractivity contribution is 6.01. The predicted molar refractivity (Wildman–Crippen MR) is 142 cm³/mol. The summed E-state index contributed by atoms with van der Waals surface area (Å²) in [7, 11) is 0. The largest absolute Gasteiger partial charge is 0.492 e. The Bertz CT molecular complexity index is 1390. The molecule has 192 valence electrons. The second kappa shape index (κ2) is 9.80. The first kappa shape index (κ1) is 23.4. The molecule has 9 heteroatoms. The number of rotatable bonds is 9. The number of benzene rings is 2. The van der Waals surface area contributed by atoms with E-state index in [2.05, 4.69) is 26.0 Å². The van der Waals surface area contributed by atoms with Gasteiger partial charge >= 0.3 is 6.09 Å². The van der Waals surface area contributed by atoms with E-state index >= 15 is 0 Å². The minimum Gasteiger partial charge on any atom is -0.492 e. The van der Waals surface area contributed by atoms with Gasteiger partial charge in [0.15, 0.2) is 0 Å². The molecular weight excluding hydrogens is 468 g/mol. The SMILES string of the molecule is CC(OC(=O)Nc1ccc(-c2c(N)c3ccc(OCCn4cncn4)cc3n2C2CCC2)cc1)C1CC1. The van der Waals surface area contributed by atoms with Crippen LogP contribution < -0.4 is 15.8 Å². The van der Waals surface area contributed by atoms with Gasteiger partial charge in [0, 0.05) is 28.7 Å². The number of hydrogen-bond acceptors (Lipinski definition) is 6. The van der Waals surface area contributed by atoms with Gasteiger partial charge in [-0.15, -0.1) is 0 Å². The van der Waals surface area contributed by atoms with E-state index < -0.39 is 6.09 Å². The molecule has 0 saturated heterocycles. The van der Waals surface area contributed by atoms with Crippen molar-refractivity contribution in [2.75, 3.05) is 17.7 Å². The molecule has 9 nitrogen and oxygen atoms in total. The van der Waals surface area contributed by atoms with Crippen molar-refractivity contribution in [1.29, 1.82) is 0 Å². The lowest BCUT2D eigenvalue weighted by molar-refractivity contribution is 0.108. The maximum atomic E-state index is 12.3. The molecule has 1 atom stereocenters. The van der Waals surface area contributed by atoms with Gasteiger partial charge in [-0.3, -0.25) is 5.32 Å². The Morgan fingerprint density at radius 2 is 1.97 bits per heavy atom. The van der Waals surface area contributed by atoms with Crippen molar-refractivity contribution in [3.8, 4) is 17.0 Å². The average molecular weight is 501 g/mol. The lowest BCUT2D eigenvalue weighted by atomic mass is 9.92. The van der Waals surface area contributed by atoms with Crippen molar-refractivity contribution >= 4 is 28.4 Å². The van der Waals surface area contributed by atoms with Crippen LogP contribution in [0.5, 0.6) is 5.75 Å². The fourth-order valence-corrected chi connectivity index (χ4v) is 5.02. The minimum atomic E-state index is -0.411. The molecule has 2 heterocycles. The van der Waals surface area contributed by atoms with Gasteiger partial charge in [-0.25, -0.2) is 14.5 Å². The maximum absolute atomic E-state index is 12.3. The van der Waals surface area contributed by atoms with Crippen molar-refractivity contribution in [1.82, 2.24) is 19.3 Å². The third-order valence-electron chi connectivity index (χ3n) is 7.49. The molecule has 1 unspecified atom stereocenters. The summed E-state index contributed by atoms with van der Waals surface area (Å²) in [4.78, 5) is 16.2. The van der Waals surface area contributed by atoms with Crippen LogP contribution in [0.25, 0.3) is 22.2 Å². The van der Waals surface area contributed by atoms with Crippen LogP contribution in [0.15, 0.2) is 55.1 Å². The summed E-state index contributed by atoms with van der Waals surface area (Å²) in [5.74, 6) is 1.31. The number of amides is 1. The number of hydrogen-bond donors (Lipinski definition) is 2. The van der Waals surface area contributed by atoms with E-state index in [9.17, 15) is 4.79 Å². The van der Waals surface area contributed by atoms with E-state index in [1.54, 1.807) is 11.0 Å². The Morgan fingerprint density at radius 3 is 2.65 bits per heavy atom. The zero-order valence-corrected chi connectivity index (χ0v) is 21.0. The first-order chi connectivity index (χ1) is 18.1. The number of carbonyl (C=O) groups excluding carboxylic acids is 1. The molecule has 37 heavy (non-hydrogen) atoms. The molecule has 2 aliphatic carbocycles. The molecule has 2 aromatic carbocycles. The van der Waals surface area contributed by atoms with Gasteiger partial charge in [-0.1, -0.05) is 12.1 Å². The first-order valence-corrected chi connectivity index (χ1v) is 13.0. The van der Waals surface area contributed by atoms with E-state index in [-0.39, 0.29) is 6.10 Å². The molecule has 2 saturated carbocycles. The molecule has 0 spiro atoms. The molecule has 2 aromatic heterocycles. The fraction of sp³-hybridized carbons (Fsp3) is 0.393. The molecule has 4 aromatic rings. The number of nitrogens with two attached hydrogens (primary N) is 1. The topological polar surface area (TPSA) is 109 Å². The molecule has 6 rings (SSSR count). The minimum absolute atomic E-state index is 0.0475. The van der Waals surface area contributed by atoms with Crippen LogP contribution >= 0.6 is 0 Å². The monoisotopic (exact) mass is 500 g/mol. The van der Waals surface area contributed by atoms with Crippen molar-refractivity contribution in [3.63, 3.8) is 0 Å². The Labute approximate surface area is 215 Å². The van der Waals surface area contributed by atoms with Gasteiger partial charge in [-0.2, -0.15) is 5.10 Å². The standard InChI is InChI=1S/C28H32N6O3/c1-18(19-5-6-19)37-28(35)32-21-9-7-20(8-10-21)27-26(29)24-12-11-23(36-14-13-33-17-30-16-31-33)15-25(24)34(27)22-3-2-4-22/h7-12,15-19,22H,2-6,13-14,29H2,1H3,(H,32,35). The third kappa shape index (κ3) is 4.85. The summed E-state index contributed by atoms with van der Waals surface area (Å²) in [5.41, 5.74) is 11.3. The predicted octanol–water partition coefficient (Wildman–Crippen LogP) is 5.63. The van der Waals surface area contributed by atoms with E-state index in [0.717, 1.165) is 59.3 Å². The quantitative estimate of drug-likeness (QED) is 0.308. The lowest BCUT2D eigenvalue weighted by Gasteiger charge is -2.30. The van der Waals surface area contributed by atoms with E-state index in [1.807, 2.05) is 43.3 Å². The summed E-state index contributed by atoms with van der Waals surface area (Å²) in [6, 6.07) is 14.3. The Morgan fingerprint density at radius 1 is 1.16 bits per heavy atom.